The minimum absolute atomic E-state index is 0.107. The molecule has 19 heavy (non-hydrogen) atoms. The molecule has 0 aliphatic carbocycles. The quantitative estimate of drug-likeness (QED) is 0.628. The van der Waals surface area contributed by atoms with Crippen LogP contribution in [-0.2, 0) is 7.05 Å². The van der Waals surface area contributed by atoms with Crippen LogP contribution in [0.3, 0.4) is 0 Å². The Morgan fingerprint density at radius 3 is 2.42 bits per heavy atom. The third kappa shape index (κ3) is 1.95. The van der Waals surface area contributed by atoms with Crippen molar-refractivity contribution < 1.29 is 4.79 Å². The van der Waals surface area contributed by atoms with Crippen LogP contribution in [0, 0.1) is 0 Å². The van der Waals surface area contributed by atoms with Gasteiger partial charge in [0.15, 0.2) is 5.78 Å². The zero-order valence-electron chi connectivity index (χ0n) is 11.1. The average Bonchev–Trinajstić information content (AvgIpc) is 2.77. The van der Waals surface area contributed by atoms with E-state index in [4.69, 9.17) is 0 Å². The number of carbonyl (C=O) groups is 1. The molecular formula is C17H15NO. The Labute approximate surface area is 112 Å². The molecule has 0 aliphatic rings. The SMILES string of the molecule is CC(=O)c1cn(C)c2ccc(-c3ccccc3)cc12. The molecule has 1 aromatic heterocycles. The molecule has 0 saturated heterocycles. The summed E-state index contributed by atoms with van der Waals surface area (Å²) in [6.45, 7) is 1.62. The molecule has 1 heterocycles. The van der Waals surface area contributed by atoms with Crippen LogP contribution in [0.1, 0.15) is 17.3 Å². The highest BCUT2D eigenvalue weighted by atomic mass is 16.1. The van der Waals surface area contributed by atoms with Gasteiger partial charge in [0.25, 0.3) is 0 Å². The van der Waals surface area contributed by atoms with Gasteiger partial charge in [-0.2, -0.15) is 0 Å². The first-order valence-corrected chi connectivity index (χ1v) is 6.32. The van der Waals surface area contributed by atoms with Crippen LogP contribution in [0.2, 0.25) is 0 Å². The second kappa shape index (κ2) is 4.39. The monoisotopic (exact) mass is 249 g/mol. The summed E-state index contributed by atoms with van der Waals surface area (Å²) in [5.74, 6) is 0.107. The topological polar surface area (TPSA) is 22.0 Å². The highest BCUT2D eigenvalue weighted by molar-refractivity contribution is 6.07. The van der Waals surface area contributed by atoms with Gasteiger partial charge in [0.05, 0.1) is 0 Å². The van der Waals surface area contributed by atoms with Gasteiger partial charge in [-0.05, 0) is 30.2 Å². The van der Waals surface area contributed by atoms with E-state index in [0.29, 0.717) is 0 Å². The summed E-state index contributed by atoms with van der Waals surface area (Å²) in [5.41, 5.74) is 4.18. The van der Waals surface area contributed by atoms with Crippen LogP contribution >= 0.6 is 0 Å². The standard InChI is InChI=1S/C17H15NO/c1-12(19)16-11-18(2)17-9-8-14(10-15(16)17)13-6-4-3-5-7-13/h3-11H,1-2H3. The Morgan fingerprint density at radius 2 is 1.74 bits per heavy atom. The Kier molecular flexibility index (Phi) is 2.71. The molecule has 0 fully saturated rings. The third-order valence-electron chi connectivity index (χ3n) is 3.48. The molecule has 2 nitrogen and oxygen atoms in total. The summed E-state index contributed by atoms with van der Waals surface area (Å²) >= 11 is 0. The highest BCUT2D eigenvalue weighted by Gasteiger charge is 2.11. The van der Waals surface area contributed by atoms with Crippen molar-refractivity contribution in [2.75, 3.05) is 0 Å². The number of rotatable bonds is 2. The predicted octanol–water partition coefficient (Wildman–Crippen LogP) is 4.05. The average molecular weight is 249 g/mol. The smallest absolute Gasteiger partial charge is 0.161 e. The number of Topliss-reactive ketones (excluding diaryl/α,β-unsaturated/α-hetero) is 1. The fourth-order valence-electron chi connectivity index (χ4n) is 2.48. The summed E-state index contributed by atoms with van der Waals surface area (Å²) in [7, 11) is 1.97. The molecule has 0 radical (unpaired) electrons. The van der Waals surface area contributed by atoms with Crippen molar-refractivity contribution in [2.24, 2.45) is 7.05 Å². The summed E-state index contributed by atoms with van der Waals surface area (Å²) in [6, 6.07) is 16.5. The minimum Gasteiger partial charge on any atom is -0.350 e. The van der Waals surface area contributed by atoms with Crippen molar-refractivity contribution in [1.82, 2.24) is 4.57 Å². The van der Waals surface area contributed by atoms with Gasteiger partial charge in [-0.25, -0.2) is 0 Å². The van der Waals surface area contributed by atoms with Crippen LogP contribution in [0.4, 0.5) is 0 Å². The number of ketones is 1. The van der Waals surface area contributed by atoms with Crippen molar-refractivity contribution in [3.05, 3.63) is 60.3 Å². The van der Waals surface area contributed by atoms with Crippen LogP contribution in [-0.4, -0.2) is 10.4 Å². The Hall–Kier alpha value is -2.35. The van der Waals surface area contributed by atoms with E-state index in [1.807, 2.05) is 36.0 Å². The Morgan fingerprint density at radius 1 is 1.00 bits per heavy atom. The van der Waals surface area contributed by atoms with Crippen molar-refractivity contribution in [3.8, 4) is 11.1 Å². The fourth-order valence-corrected chi connectivity index (χ4v) is 2.48. The van der Waals surface area contributed by atoms with E-state index in [1.165, 1.54) is 5.56 Å². The molecule has 94 valence electrons. The maximum atomic E-state index is 11.7. The maximum absolute atomic E-state index is 11.7. The van der Waals surface area contributed by atoms with Crippen LogP contribution in [0.25, 0.3) is 22.0 Å². The molecule has 3 rings (SSSR count). The van der Waals surface area contributed by atoms with Gasteiger partial charge in [-0.1, -0.05) is 36.4 Å². The van der Waals surface area contributed by atoms with Crippen molar-refractivity contribution >= 4 is 16.7 Å². The number of fused-ring (bicyclic) bond motifs is 1. The van der Waals surface area contributed by atoms with Crippen molar-refractivity contribution in [2.45, 2.75) is 6.92 Å². The fraction of sp³-hybridized carbons (Fsp3) is 0.118. The molecule has 0 amide bonds. The normalized spacial score (nSPS) is 10.8. The molecule has 0 aliphatic heterocycles. The van der Waals surface area contributed by atoms with Crippen LogP contribution in [0.15, 0.2) is 54.7 Å². The third-order valence-corrected chi connectivity index (χ3v) is 3.48. The first kappa shape index (κ1) is 11.7. The summed E-state index contributed by atoms with van der Waals surface area (Å²) < 4.78 is 2.00. The van der Waals surface area contributed by atoms with E-state index in [2.05, 4.69) is 30.3 Å². The molecule has 0 atom stereocenters. The number of carbonyl (C=O) groups excluding carboxylic acids is 1. The Bertz CT molecular complexity index is 754. The highest BCUT2D eigenvalue weighted by Crippen LogP contribution is 2.27. The molecule has 0 bridgehead atoms. The summed E-state index contributed by atoms with van der Waals surface area (Å²) in [5, 5.41) is 1.02. The number of nitrogens with zero attached hydrogens (tertiary/aromatic N) is 1. The number of aromatic nitrogens is 1. The van der Waals surface area contributed by atoms with Gasteiger partial charge in [0.2, 0.25) is 0 Å². The predicted molar refractivity (Wildman–Crippen MR) is 78.4 cm³/mol. The molecular weight excluding hydrogens is 234 g/mol. The first-order valence-electron chi connectivity index (χ1n) is 6.32. The van der Waals surface area contributed by atoms with E-state index in [-0.39, 0.29) is 5.78 Å². The molecule has 0 unspecified atom stereocenters. The zero-order chi connectivity index (χ0) is 13.4. The minimum atomic E-state index is 0.107. The van der Waals surface area contributed by atoms with Crippen LogP contribution < -0.4 is 0 Å². The lowest BCUT2D eigenvalue weighted by Gasteiger charge is -2.03. The van der Waals surface area contributed by atoms with E-state index in [9.17, 15) is 4.79 Å². The molecule has 2 heteroatoms. The van der Waals surface area contributed by atoms with Gasteiger partial charge in [0, 0.05) is 29.7 Å². The second-order valence-corrected chi connectivity index (χ2v) is 4.81. The lowest BCUT2D eigenvalue weighted by Crippen LogP contribution is -1.89. The van der Waals surface area contributed by atoms with E-state index in [0.717, 1.165) is 22.0 Å². The van der Waals surface area contributed by atoms with Crippen molar-refractivity contribution in [1.29, 1.82) is 0 Å². The van der Waals surface area contributed by atoms with Gasteiger partial charge in [0.1, 0.15) is 0 Å². The summed E-state index contributed by atoms with van der Waals surface area (Å²) in [4.78, 5) is 11.7. The van der Waals surface area contributed by atoms with Gasteiger partial charge < -0.3 is 4.57 Å². The van der Waals surface area contributed by atoms with Crippen molar-refractivity contribution in [3.63, 3.8) is 0 Å². The second-order valence-electron chi connectivity index (χ2n) is 4.81. The van der Waals surface area contributed by atoms with Gasteiger partial charge >= 0.3 is 0 Å². The lowest BCUT2D eigenvalue weighted by atomic mass is 10.0. The lowest BCUT2D eigenvalue weighted by molar-refractivity contribution is 0.101. The number of aryl methyl sites for hydroxylation is 1. The number of hydrogen-bond acceptors (Lipinski definition) is 1. The molecule has 3 aromatic rings. The summed E-state index contributed by atoms with van der Waals surface area (Å²) in [6.07, 6.45) is 1.90. The molecule has 0 spiro atoms. The number of hydrogen-bond donors (Lipinski definition) is 0. The number of benzene rings is 2. The molecule has 2 aromatic carbocycles. The molecule has 0 saturated carbocycles. The van der Waals surface area contributed by atoms with Gasteiger partial charge in [-0.15, -0.1) is 0 Å². The zero-order valence-corrected chi connectivity index (χ0v) is 11.1. The van der Waals surface area contributed by atoms with E-state index >= 15 is 0 Å². The van der Waals surface area contributed by atoms with E-state index < -0.39 is 0 Å². The van der Waals surface area contributed by atoms with Crippen LogP contribution in [0.5, 0.6) is 0 Å². The largest absolute Gasteiger partial charge is 0.350 e. The maximum Gasteiger partial charge on any atom is 0.161 e. The first-order chi connectivity index (χ1) is 9.16. The Balaban J connectivity index is 2.25. The molecule has 0 N–H and O–H groups in total. The van der Waals surface area contributed by atoms with Gasteiger partial charge in [-0.3, -0.25) is 4.79 Å². The van der Waals surface area contributed by atoms with E-state index in [1.54, 1.807) is 6.92 Å².